The number of rotatable bonds is 6. The lowest BCUT2D eigenvalue weighted by Gasteiger charge is -2.11. The average molecular weight is 239 g/mol. The third kappa shape index (κ3) is 4.74. The molecule has 5 nitrogen and oxygen atoms in total. The molecule has 1 aromatic carbocycles. The van der Waals surface area contributed by atoms with E-state index in [2.05, 4.69) is 10.1 Å². The van der Waals surface area contributed by atoms with E-state index in [1.54, 1.807) is 7.11 Å². The van der Waals surface area contributed by atoms with E-state index in [1.165, 1.54) is 7.11 Å². The number of carbonyl (C=O) groups is 1. The van der Waals surface area contributed by atoms with Gasteiger partial charge in [-0.1, -0.05) is 0 Å². The van der Waals surface area contributed by atoms with Crippen molar-refractivity contribution in [3.8, 4) is 5.75 Å². The number of aliphatic hydroxyl groups excluding tert-OH is 1. The second-order valence-electron chi connectivity index (χ2n) is 3.54. The largest absolute Gasteiger partial charge is 0.497 e. The molecule has 0 bridgehead atoms. The lowest BCUT2D eigenvalue weighted by Crippen LogP contribution is -2.23. The monoisotopic (exact) mass is 239 g/mol. The lowest BCUT2D eigenvalue weighted by atomic mass is 10.2. The number of hydrogen-bond donors (Lipinski definition) is 2. The Morgan fingerprint density at radius 3 is 2.53 bits per heavy atom. The summed E-state index contributed by atoms with van der Waals surface area (Å²) in [7, 11) is 2.90. The van der Waals surface area contributed by atoms with Crippen LogP contribution in [0.4, 0.5) is 5.69 Å². The summed E-state index contributed by atoms with van der Waals surface area (Å²) >= 11 is 0. The van der Waals surface area contributed by atoms with Crippen molar-refractivity contribution >= 4 is 11.7 Å². The number of benzene rings is 1. The molecule has 2 N–H and O–H groups in total. The molecule has 5 heteroatoms. The predicted molar refractivity (Wildman–Crippen MR) is 64.1 cm³/mol. The maximum absolute atomic E-state index is 10.9. The van der Waals surface area contributed by atoms with E-state index in [4.69, 9.17) is 4.74 Å². The molecule has 94 valence electrons. The Bertz CT molecular complexity index is 350. The highest BCUT2D eigenvalue weighted by atomic mass is 16.5. The van der Waals surface area contributed by atoms with Crippen LogP contribution in [0.2, 0.25) is 0 Å². The Kier molecular flexibility index (Phi) is 5.29. The summed E-state index contributed by atoms with van der Waals surface area (Å²) in [6.07, 6.45) is -0.774. The van der Waals surface area contributed by atoms with Crippen LogP contribution >= 0.6 is 0 Å². The van der Waals surface area contributed by atoms with Crippen molar-refractivity contribution in [1.29, 1.82) is 0 Å². The van der Waals surface area contributed by atoms with Gasteiger partial charge in [0.05, 0.1) is 26.7 Å². The van der Waals surface area contributed by atoms with E-state index in [1.807, 2.05) is 24.3 Å². The fourth-order valence-electron chi connectivity index (χ4n) is 1.29. The molecular weight excluding hydrogens is 222 g/mol. The summed E-state index contributed by atoms with van der Waals surface area (Å²) in [6, 6.07) is 7.30. The first-order valence-electron chi connectivity index (χ1n) is 5.28. The van der Waals surface area contributed by atoms with Crippen LogP contribution in [0.5, 0.6) is 5.75 Å². The molecule has 1 aromatic rings. The minimum atomic E-state index is -0.760. The molecule has 0 aliphatic carbocycles. The first-order valence-corrected chi connectivity index (χ1v) is 5.28. The lowest BCUT2D eigenvalue weighted by molar-refractivity contribution is -0.142. The van der Waals surface area contributed by atoms with Gasteiger partial charge in [-0.15, -0.1) is 0 Å². The van der Waals surface area contributed by atoms with Crippen molar-refractivity contribution < 1.29 is 19.4 Å². The molecule has 1 unspecified atom stereocenters. The number of esters is 1. The standard InChI is InChI=1S/C12H17NO4/c1-16-11-5-3-9(4-6-11)13-8-10(14)7-12(15)17-2/h3-6,10,13-14H,7-8H2,1-2H3. The summed E-state index contributed by atoms with van der Waals surface area (Å²) in [5.74, 6) is 0.347. The number of hydrogen-bond acceptors (Lipinski definition) is 5. The predicted octanol–water partition coefficient (Wildman–Crippen LogP) is 1.03. The van der Waals surface area contributed by atoms with Gasteiger partial charge in [-0.3, -0.25) is 4.79 Å². The molecule has 0 saturated heterocycles. The molecule has 0 radical (unpaired) electrons. The highest BCUT2D eigenvalue weighted by Crippen LogP contribution is 2.14. The van der Waals surface area contributed by atoms with Crippen molar-refractivity contribution in [1.82, 2.24) is 0 Å². The zero-order valence-corrected chi connectivity index (χ0v) is 9.97. The number of ether oxygens (including phenoxy) is 2. The van der Waals surface area contributed by atoms with Crippen LogP contribution in [-0.2, 0) is 9.53 Å². The molecule has 0 heterocycles. The van der Waals surface area contributed by atoms with Crippen LogP contribution in [0.25, 0.3) is 0 Å². The van der Waals surface area contributed by atoms with Crippen LogP contribution in [0.3, 0.4) is 0 Å². The Morgan fingerprint density at radius 1 is 1.35 bits per heavy atom. The minimum Gasteiger partial charge on any atom is -0.497 e. The van der Waals surface area contributed by atoms with Gasteiger partial charge >= 0.3 is 5.97 Å². The quantitative estimate of drug-likeness (QED) is 0.726. The van der Waals surface area contributed by atoms with E-state index in [9.17, 15) is 9.90 Å². The second-order valence-corrected chi connectivity index (χ2v) is 3.54. The van der Waals surface area contributed by atoms with Gasteiger partial charge in [-0.05, 0) is 24.3 Å². The van der Waals surface area contributed by atoms with Gasteiger partial charge in [0.1, 0.15) is 5.75 Å². The normalized spacial score (nSPS) is 11.7. The topological polar surface area (TPSA) is 67.8 Å². The molecule has 0 amide bonds. The molecule has 1 atom stereocenters. The SMILES string of the molecule is COC(=O)CC(O)CNc1ccc(OC)cc1. The van der Waals surface area contributed by atoms with Gasteiger partial charge in [0.25, 0.3) is 0 Å². The summed E-state index contributed by atoms with van der Waals surface area (Å²) in [5, 5.41) is 12.5. The van der Waals surface area contributed by atoms with Crippen LogP contribution in [0.1, 0.15) is 6.42 Å². The van der Waals surface area contributed by atoms with E-state index < -0.39 is 12.1 Å². The number of anilines is 1. The fraction of sp³-hybridized carbons (Fsp3) is 0.417. The Morgan fingerprint density at radius 2 is 2.00 bits per heavy atom. The number of methoxy groups -OCH3 is 2. The van der Waals surface area contributed by atoms with Crippen molar-refractivity contribution in [3.05, 3.63) is 24.3 Å². The van der Waals surface area contributed by atoms with Crippen LogP contribution in [0, 0.1) is 0 Å². The molecule has 0 spiro atoms. The van der Waals surface area contributed by atoms with E-state index in [-0.39, 0.29) is 6.42 Å². The summed E-state index contributed by atoms with van der Waals surface area (Å²) in [4.78, 5) is 10.9. The van der Waals surface area contributed by atoms with Gasteiger partial charge in [-0.25, -0.2) is 0 Å². The molecular formula is C12H17NO4. The number of nitrogens with one attached hydrogen (secondary N) is 1. The first kappa shape index (κ1) is 13.3. The molecule has 0 saturated carbocycles. The third-order valence-corrected chi connectivity index (χ3v) is 2.26. The molecule has 17 heavy (non-hydrogen) atoms. The van der Waals surface area contributed by atoms with Crippen LogP contribution < -0.4 is 10.1 Å². The average Bonchev–Trinajstić information content (AvgIpc) is 2.36. The van der Waals surface area contributed by atoms with Crippen molar-refractivity contribution in [2.75, 3.05) is 26.1 Å². The van der Waals surface area contributed by atoms with Crippen LogP contribution in [-0.4, -0.2) is 37.9 Å². The fourth-order valence-corrected chi connectivity index (χ4v) is 1.29. The smallest absolute Gasteiger partial charge is 0.308 e. The maximum atomic E-state index is 10.9. The maximum Gasteiger partial charge on any atom is 0.308 e. The minimum absolute atomic E-state index is 0.0142. The summed E-state index contributed by atoms with van der Waals surface area (Å²) in [6.45, 7) is 0.293. The van der Waals surface area contributed by atoms with E-state index in [0.717, 1.165) is 11.4 Å². The Labute approximate surface area is 100 Å². The van der Waals surface area contributed by atoms with Crippen molar-refractivity contribution in [2.24, 2.45) is 0 Å². The molecule has 0 fully saturated rings. The van der Waals surface area contributed by atoms with Crippen molar-refractivity contribution in [3.63, 3.8) is 0 Å². The zero-order valence-electron chi connectivity index (χ0n) is 9.97. The summed E-state index contributed by atoms with van der Waals surface area (Å²) < 4.78 is 9.48. The molecule has 0 aliphatic rings. The highest BCUT2D eigenvalue weighted by molar-refractivity contribution is 5.69. The molecule has 0 aromatic heterocycles. The van der Waals surface area contributed by atoms with Gasteiger partial charge < -0.3 is 19.9 Å². The highest BCUT2D eigenvalue weighted by Gasteiger charge is 2.10. The Balaban J connectivity index is 2.36. The first-order chi connectivity index (χ1) is 8.15. The van der Waals surface area contributed by atoms with Crippen molar-refractivity contribution in [2.45, 2.75) is 12.5 Å². The molecule has 1 rings (SSSR count). The molecule has 0 aliphatic heterocycles. The van der Waals surface area contributed by atoms with E-state index >= 15 is 0 Å². The van der Waals surface area contributed by atoms with Gasteiger partial charge in [0.2, 0.25) is 0 Å². The van der Waals surface area contributed by atoms with Gasteiger partial charge in [0.15, 0.2) is 0 Å². The zero-order chi connectivity index (χ0) is 12.7. The Hall–Kier alpha value is -1.75. The second kappa shape index (κ2) is 6.75. The van der Waals surface area contributed by atoms with Gasteiger partial charge in [0, 0.05) is 12.2 Å². The van der Waals surface area contributed by atoms with E-state index in [0.29, 0.717) is 6.54 Å². The number of carbonyl (C=O) groups excluding carboxylic acids is 1. The summed E-state index contributed by atoms with van der Waals surface area (Å²) in [5.41, 5.74) is 0.856. The van der Waals surface area contributed by atoms with Gasteiger partial charge in [-0.2, -0.15) is 0 Å². The number of aliphatic hydroxyl groups is 1. The third-order valence-electron chi connectivity index (χ3n) is 2.26. The van der Waals surface area contributed by atoms with Crippen LogP contribution in [0.15, 0.2) is 24.3 Å².